The van der Waals surface area contributed by atoms with Gasteiger partial charge in [0.25, 0.3) is 0 Å². The van der Waals surface area contributed by atoms with Crippen molar-refractivity contribution in [1.82, 2.24) is 15.5 Å². The average molecular weight is 300 g/mol. The van der Waals surface area contributed by atoms with Gasteiger partial charge in [0, 0.05) is 23.0 Å². The van der Waals surface area contributed by atoms with Crippen LogP contribution in [-0.2, 0) is 6.42 Å². The molecule has 0 aliphatic rings. The summed E-state index contributed by atoms with van der Waals surface area (Å²) in [6, 6.07) is 4.47. The minimum absolute atomic E-state index is 0.330. The molecule has 1 heterocycles. The first-order valence-corrected chi connectivity index (χ1v) is 5.92. The van der Waals surface area contributed by atoms with Crippen LogP contribution < -0.4 is 5.32 Å². The van der Waals surface area contributed by atoms with Gasteiger partial charge in [-0.3, -0.25) is 0 Å². The summed E-state index contributed by atoms with van der Waals surface area (Å²) in [4.78, 5) is 0. The van der Waals surface area contributed by atoms with Gasteiger partial charge in [-0.2, -0.15) is 0 Å². The van der Waals surface area contributed by atoms with Crippen molar-refractivity contribution in [3.63, 3.8) is 0 Å². The standard InChI is InChI=1S/C11H11BrFN3O/c1-14-3-2-10-15-16-11(17-10)7-4-8(12)6-9(13)5-7/h4-6,14H,2-3H2,1H3. The summed E-state index contributed by atoms with van der Waals surface area (Å²) in [5.41, 5.74) is 0.570. The number of benzene rings is 1. The van der Waals surface area contributed by atoms with Gasteiger partial charge in [0.15, 0.2) is 0 Å². The molecule has 90 valence electrons. The van der Waals surface area contributed by atoms with Gasteiger partial charge in [-0.1, -0.05) is 15.9 Å². The highest BCUT2D eigenvalue weighted by Gasteiger charge is 2.10. The SMILES string of the molecule is CNCCc1nnc(-c2cc(F)cc(Br)c2)o1. The van der Waals surface area contributed by atoms with Crippen LogP contribution in [0.1, 0.15) is 5.89 Å². The predicted molar refractivity (Wildman–Crippen MR) is 65.0 cm³/mol. The molecule has 1 N–H and O–H groups in total. The number of halogens is 2. The van der Waals surface area contributed by atoms with Gasteiger partial charge in [0.1, 0.15) is 5.82 Å². The summed E-state index contributed by atoms with van der Waals surface area (Å²) in [5, 5.41) is 10.8. The third-order valence-electron chi connectivity index (χ3n) is 2.17. The van der Waals surface area contributed by atoms with E-state index in [0.29, 0.717) is 28.2 Å². The Morgan fingerprint density at radius 3 is 2.88 bits per heavy atom. The zero-order valence-electron chi connectivity index (χ0n) is 9.20. The third kappa shape index (κ3) is 3.10. The summed E-state index contributed by atoms with van der Waals surface area (Å²) < 4.78 is 19.3. The number of hydrogen-bond donors (Lipinski definition) is 1. The van der Waals surface area contributed by atoms with E-state index in [2.05, 4.69) is 31.4 Å². The second kappa shape index (κ2) is 5.37. The Hall–Kier alpha value is -1.27. The molecule has 0 radical (unpaired) electrons. The van der Waals surface area contributed by atoms with E-state index < -0.39 is 0 Å². The van der Waals surface area contributed by atoms with Crippen molar-refractivity contribution in [2.75, 3.05) is 13.6 Å². The lowest BCUT2D eigenvalue weighted by Gasteiger charge is -1.97. The Labute approximate surface area is 106 Å². The number of nitrogens with zero attached hydrogens (tertiary/aromatic N) is 2. The fraction of sp³-hybridized carbons (Fsp3) is 0.273. The Kier molecular flexibility index (Phi) is 3.86. The lowest BCUT2D eigenvalue weighted by atomic mass is 10.2. The van der Waals surface area contributed by atoms with Gasteiger partial charge in [0.2, 0.25) is 11.8 Å². The van der Waals surface area contributed by atoms with Gasteiger partial charge < -0.3 is 9.73 Å². The van der Waals surface area contributed by atoms with Crippen LogP contribution in [0.3, 0.4) is 0 Å². The number of hydrogen-bond acceptors (Lipinski definition) is 4. The summed E-state index contributed by atoms with van der Waals surface area (Å²) in [6.45, 7) is 0.758. The second-order valence-electron chi connectivity index (χ2n) is 3.51. The maximum absolute atomic E-state index is 13.2. The van der Waals surface area contributed by atoms with Crippen LogP contribution >= 0.6 is 15.9 Å². The lowest BCUT2D eigenvalue weighted by molar-refractivity contribution is 0.499. The fourth-order valence-electron chi connectivity index (χ4n) is 1.38. The molecule has 4 nitrogen and oxygen atoms in total. The van der Waals surface area contributed by atoms with Crippen LogP contribution in [-0.4, -0.2) is 23.8 Å². The quantitative estimate of drug-likeness (QED) is 0.942. The van der Waals surface area contributed by atoms with E-state index in [-0.39, 0.29) is 5.82 Å². The van der Waals surface area contributed by atoms with Gasteiger partial charge >= 0.3 is 0 Å². The topological polar surface area (TPSA) is 51.0 Å². The van der Waals surface area contributed by atoms with Gasteiger partial charge in [0.05, 0.1) is 0 Å². The normalized spacial score (nSPS) is 10.8. The molecular weight excluding hydrogens is 289 g/mol. The van der Waals surface area contributed by atoms with Crippen molar-refractivity contribution in [3.05, 3.63) is 34.4 Å². The summed E-state index contributed by atoms with van der Waals surface area (Å²) >= 11 is 3.22. The highest BCUT2D eigenvalue weighted by molar-refractivity contribution is 9.10. The van der Waals surface area contributed by atoms with Gasteiger partial charge in [-0.15, -0.1) is 10.2 Å². The number of likely N-dealkylation sites (N-methyl/N-ethyl adjacent to an activating group) is 1. The molecule has 0 aliphatic carbocycles. The zero-order valence-corrected chi connectivity index (χ0v) is 10.8. The molecule has 0 saturated heterocycles. The van der Waals surface area contributed by atoms with Crippen molar-refractivity contribution in [1.29, 1.82) is 0 Å². The van der Waals surface area contributed by atoms with Crippen molar-refractivity contribution in [2.24, 2.45) is 0 Å². The van der Waals surface area contributed by atoms with E-state index in [4.69, 9.17) is 4.42 Å². The molecule has 0 bridgehead atoms. The molecule has 0 aliphatic heterocycles. The van der Waals surface area contributed by atoms with Crippen LogP contribution in [0.2, 0.25) is 0 Å². The molecule has 0 spiro atoms. The monoisotopic (exact) mass is 299 g/mol. The van der Waals surface area contributed by atoms with Crippen LogP contribution in [0, 0.1) is 5.82 Å². The lowest BCUT2D eigenvalue weighted by Crippen LogP contribution is -2.10. The minimum Gasteiger partial charge on any atom is -0.421 e. The Morgan fingerprint density at radius 2 is 2.18 bits per heavy atom. The summed E-state index contributed by atoms with van der Waals surface area (Å²) in [7, 11) is 1.85. The first-order chi connectivity index (χ1) is 8.19. The number of nitrogens with one attached hydrogen (secondary N) is 1. The van der Waals surface area contributed by atoms with Crippen molar-refractivity contribution < 1.29 is 8.81 Å². The molecule has 0 amide bonds. The highest BCUT2D eigenvalue weighted by Crippen LogP contribution is 2.23. The van der Waals surface area contributed by atoms with E-state index in [9.17, 15) is 4.39 Å². The molecule has 2 rings (SSSR count). The van der Waals surface area contributed by atoms with Gasteiger partial charge in [-0.25, -0.2) is 4.39 Å². The van der Waals surface area contributed by atoms with Crippen LogP contribution in [0.15, 0.2) is 27.1 Å². The smallest absolute Gasteiger partial charge is 0.247 e. The maximum Gasteiger partial charge on any atom is 0.247 e. The molecule has 0 atom stereocenters. The van der Waals surface area contributed by atoms with Crippen LogP contribution in [0.25, 0.3) is 11.5 Å². The van der Waals surface area contributed by atoms with Gasteiger partial charge in [-0.05, 0) is 25.2 Å². The maximum atomic E-state index is 13.2. The van der Waals surface area contributed by atoms with Crippen LogP contribution in [0.4, 0.5) is 4.39 Å². The number of aromatic nitrogens is 2. The zero-order chi connectivity index (χ0) is 12.3. The Balaban J connectivity index is 2.24. The average Bonchev–Trinajstić information content (AvgIpc) is 2.73. The van der Waals surface area contributed by atoms with Crippen molar-refractivity contribution in [3.8, 4) is 11.5 Å². The highest BCUT2D eigenvalue weighted by atomic mass is 79.9. The van der Waals surface area contributed by atoms with E-state index in [1.54, 1.807) is 6.07 Å². The van der Waals surface area contributed by atoms with Crippen molar-refractivity contribution in [2.45, 2.75) is 6.42 Å². The van der Waals surface area contributed by atoms with E-state index >= 15 is 0 Å². The molecule has 1 aromatic heterocycles. The molecule has 6 heteroatoms. The van der Waals surface area contributed by atoms with E-state index in [1.807, 2.05) is 7.05 Å². The van der Waals surface area contributed by atoms with Crippen LogP contribution in [0.5, 0.6) is 0 Å². The minimum atomic E-state index is -0.343. The largest absolute Gasteiger partial charge is 0.421 e. The molecular formula is C11H11BrFN3O. The Bertz CT molecular complexity index is 495. The number of rotatable bonds is 4. The Morgan fingerprint density at radius 1 is 1.35 bits per heavy atom. The summed E-state index contributed by atoms with van der Waals surface area (Å²) in [6.07, 6.45) is 0.653. The summed E-state index contributed by atoms with van der Waals surface area (Å²) in [5.74, 6) is 0.524. The molecule has 17 heavy (non-hydrogen) atoms. The molecule has 0 fully saturated rings. The third-order valence-corrected chi connectivity index (χ3v) is 2.62. The molecule has 0 unspecified atom stereocenters. The molecule has 2 aromatic rings. The van der Waals surface area contributed by atoms with Crippen molar-refractivity contribution >= 4 is 15.9 Å². The molecule has 0 saturated carbocycles. The van der Waals surface area contributed by atoms with E-state index in [1.165, 1.54) is 12.1 Å². The first kappa shape index (κ1) is 12.2. The second-order valence-corrected chi connectivity index (χ2v) is 4.43. The molecule has 1 aromatic carbocycles. The fourth-order valence-corrected chi connectivity index (χ4v) is 1.85. The first-order valence-electron chi connectivity index (χ1n) is 5.12. The predicted octanol–water partition coefficient (Wildman–Crippen LogP) is 2.40. The van der Waals surface area contributed by atoms with E-state index in [0.717, 1.165) is 6.54 Å².